The van der Waals surface area contributed by atoms with E-state index in [2.05, 4.69) is 11.4 Å². The normalized spacial score (nSPS) is 16.1. The Hall–Kier alpha value is -1.93. The van der Waals surface area contributed by atoms with Crippen LogP contribution >= 0.6 is 0 Å². The van der Waals surface area contributed by atoms with E-state index in [4.69, 9.17) is 19.5 Å². The summed E-state index contributed by atoms with van der Waals surface area (Å²) in [6.07, 6.45) is 0. The Morgan fingerprint density at radius 2 is 2.24 bits per heavy atom. The fourth-order valence-corrected chi connectivity index (χ4v) is 1.35. The standard InChI is InChI=1S/C12H14N2O3/c1-12(6-13,14-2)7-15-9-3-4-10-11(5-9)17-8-16-10/h3-5,14H,7-8H2,1-2H3. The molecule has 0 aliphatic carbocycles. The van der Waals surface area contributed by atoms with Gasteiger partial charge in [0, 0.05) is 6.07 Å². The second-order valence-corrected chi connectivity index (χ2v) is 4.00. The van der Waals surface area contributed by atoms with Gasteiger partial charge in [-0.15, -0.1) is 0 Å². The highest BCUT2D eigenvalue weighted by Crippen LogP contribution is 2.35. The molecule has 5 heteroatoms. The van der Waals surface area contributed by atoms with E-state index in [-0.39, 0.29) is 13.4 Å². The molecule has 0 fully saturated rings. The maximum atomic E-state index is 8.98. The molecule has 1 aliphatic rings. The largest absolute Gasteiger partial charge is 0.490 e. The first-order valence-corrected chi connectivity index (χ1v) is 5.29. The van der Waals surface area contributed by atoms with Crippen LogP contribution in [0.2, 0.25) is 0 Å². The van der Waals surface area contributed by atoms with Crippen LogP contribution in [0.4, 0.5) is 0 Å². The highest BCUT2D eigenvalue weighted by Gasteiger charge is 2.22. The van der Waals surface area contributed by atoms with Gasteiger partial charge in [-0.2, -0.15) is 5.26 Å². The van der Waals surface area contributed by atoms with Gasteiger partial charge in [0.15, 0.2) is 11.5 Å². The summed E-state index contributed by atoms with van der Waals surface area (Å²) in [7, 11) is 1.73. The first-order chi connectivity index (χ1) is 8.17. The molecule has 1 aromatic carbocycles. The number of hydrogen-bond donors (Lipinski definition) is 1. The van der Waals surface area contributed by atoms with Gasteiger partial charge in [0.25, 0.3) is 0 Å². The average molecular weight is 234 g/mol. The zero-order chi connectivity index (χ0) is 12.3. The van der Waals surface area contributed by atoms with Crippen molar-refractivity contribution < 1.29 is 14.2 Å². The summed E-state index contributed by atoms with van der Waals surface area (Å²) < 4.78 is 16.0. The molecular formula is C12H14N2O3. The predicted molar refractivity (Wildman–Crippen MR) is 61.1 cm³/mol. The summed E-state index contributed by atoms with van der Waals surface area (Å²) in [5.74, 6) is 2.05. The Kier molecular flexibility index (Phi) is 3.07. The number of rotatable bonds is 4. The molecule has 0 radical (unpaired) electrons. The van der Waals surface area contributed by atoms with Crippen LogP contribution < -0.4 is 19.5 Å². The first kappa shape index (κ1) is 11.6. The number of ether oxygens (including phenoxy) is 3. The first-order valence-electron chi connectivity index (χ1n) is 5.29. The summed E-state index contributed by atoms with van der Waals surface area (Å²) in [5.41, 5.74) is -0.698. The molecule has 5 nitrogen and oxygen atoms in total. The van der Waals surface area contributed by atoms with Crippen LogP contribution in [-0.4, -0.2) is 26.0 Å². The lowest BCUT2D eigenvalue weighted by atomic mass is 10.1. The Labute approximate surface area is 99.9 Å². The van der Waals surface area contributed by atoms with Crippen LogP contribution in [0, 0.1) is 11.3 Å². The number of nitriles is 1. The SMILES string of the molecule is CNC(C)(C#N)COc1ccc2c(c1)OCO2. The van der Waals surface area contributed by atoms with Crippen molar-refractivity contribution in [3.63, 3.8) is 0 Å². The van der Waals surface area contributed by atoms with E-state index in [0.717, 1.165) is 0 Å². The summed E-state index contributed by atoms with van der Waals surface area (Å²) in [5, 5.41) is 11.9. The zero-order valence-corrected chi connectivity index (χ0v) is 9.82. The smallest absolute Gasteiger partial charge is 0.231 e. The molecule has 1 aliphatic heterocycles. The lowest BCUT2D eigenvalue weighted by molar-refractivity contribution is 0.173. The van der Waals surface area contributed by atoms with Crippen molar-refractivity contribution in [3.8, 4) is 23.3 Å². The zero-order valence-electron chi connectivity index (χ0n) is 9.82. The quantitative estimate of drug-likeness (QED) is 0.850. The van der Waals surface area contributed by atoms with Crippen molar-refractivity contribution in [1.29, 1.82) is 5.26 Å². The van der Waals surface area contributed by atoms with Crippen molar-refractivity contribution in [1.82, 2.24) is 5.32 Å². The fourth-order valence-electron chi connectivity index (χ4n) is 1.35. The maximum Gasteiger partial charge on any atom is 0.231 e. The number of benzene rings is 1. The van der Waals surface area contributed by atoms with Gasteiger partial charge in [-0.1, -0.05) is 0 Å². The Balaban J connectivity index is 2.03. The summed E-state index contributed by atoms with van der Waals surface area (Å²) >= 11 is 0. The topological polar surface area (TPSA) is 63.5 Å². The van der Waals surface area contributed by atoms with Gasteiger partial charge in [0.1, 0.15) is 17.9 Å². The van der Waals surface area contributed by atoms with E-state index in [1.165, 1.54) is 0 Å². The molecule has 1 atom stereocenters. The van der Waals surface area contributed by atoms with Crippen LogP contribution in [-0.2, 0) is 0 Å². The molecule has 17 heavy (non-hydrogen) atoms. The van der Waals surface area contributed by atoms with Gasteiger partial charge >= 0.3 is 0 Å². The van der Waals surface area contributed by atoms with E-state index in [1.807, 2.05) is 0 Å². The second-order valence-electron chi connectivity index (χ2n) is 4.00. The number of nitrogens with one attached hydrogen (secondary N) is 1. The van der Waals surface area contributed by atoms with Gasteiger partial charge in [0.05, 0.1) is 6.07 Å². The van der Waals surface area contributed by atoms with Crippen molar-refractivity contribution in [2.45, 2.75) is 12.5 Å². The second kappa shape index (κ2) is 4.52. The third kappa shape index (κ3) is 2.43. The van der Waals surface area contributed by atoms with E-state index < -0.39 is 5.54 Å². The molecule has 0 spiro atoms. The third-order valence-corrected chi connectivity index (χ3v) is 2.67. The van der Waals surface area contributed by atoms with Crippen molar-refractivity contribution in [2.24, 2.45) is 0 Å². The Morgan fingerprint density at radius 3 is 2.94 bits per heavy atom. The monoisotopic (exact) mass is 234 g/mol. The number of likely N-dealkylation sites (N-methyl/N-ethyl adjacent to an activating group) is 1. The molecule has 1 N–H and O–H groups in total. The van der Waals surface area contributed by atoms with Gasteiger partial charge in [-0.05, 0) is 26.1 Å². The molecule has 0 bridgehead atoms. The van der Waals surface area contributed by atoms with Gasteiger partial charge in [0.2, 0.25) is 6.79 Å². The predicted octanol–water partition coefficient (Wildman–Crippen LogP) is 1.30. The molecule has 1 aromatic rings. The van der Waals surface area contributed by atoms with E-state index in [0.29, 0.717) is 17.2 Å². The Morgan fingerprint density at radius 1 is 1.47 bits per heavy atom. The van der Waals surface area contributed by atoms with E-state index in [9.17, 15) is 0 Å². The highest BCUT2D eigenvalue weighted by molar-refractivity contribution is 5.46. The fraction of sp³-hybridized carbons (Fsp3) is 0.417. The number of hydrogen-bond acceptors (Lipinski definition) is 5. The molecule has 0 saturated carbocycles. The molecule has 2 rings (SSSR count). The minimum Gasteiger partial charge on any atom is -0.490 e. The van der Waals surface area contributed by atoms with E-state index in [1.54, 1.807) is 32.2 Å². The molecule has 0 amide bonds. The molecule has 1 unspecified atom stereocenters. The van der Waals surface area contributed by atoms with Crippen molar-refractivity contribution >= 4 is 0 Å². The molecule has 0 aromatic heterocycles. The van der Waals surface area contributed by atoms with Crippen LogP contribution in [0.3, 0.4) is 0 Å². The molecule has 1 heterocycles. The van der Waals surface area contributed by atoms with Crippen molar-refractivity contribution in [3.05, 3.63) is 18.2 Å². The van der Waals surface area contributed by atoms with E-state index >= 15 is 0 Å². The summed E-state index contributed by atoms with van der Waals surface area (Å²) in [4.78, 5) is 0. The highest BCUT2D eigenvalue weighted by atomic mass is 16.7. The average Bonchev–Trinajstić information content (AvgIpc) is 2.83. The third-order valence-electron chi connectivity index (χ3n) is 2.67. The maximum absolute atomic E-state index is 8.98. The summed E-state index contributed by atoms with van der Waals surface area (Å²) in [6.45, 7) is 2.28. The molecule has 0 saturated heterocycles. The van der Waals surface area contributed by atoms with Gasteiger partial charge < -0.3 is 14.2 Å². The molecule has 90 valence electrons. The lowest BCUT2D eigenvalue weighted by Crippen LogP contribution is -2.43. The number of fused-ring (bicyclic) bond motifs is 1. The van der Waals surface area contributed by atoms with Crippen LogP contribution in [0.1, 0.15) is 6.92 Å². The number of nitrogens with zero attached hydrogens (tertiary/aromatic N) is 1. The summed E-state index contributed by atoms with van der Waals surface area (Å²) in [6, 6.07) is 7.50. The minimum absolute atomic E-state index is 0.241. The van der Waals surface area contributed by atoms with Gasteiger partial charge in [-0.25, -0.2) is 0 Å². The van der Waals surface area contributed by atoms with Crippen LogP contribution in [0.25, 0.3) is 0 Å². The lowest BCUT2D eigenvalue weighted by Gasteiger charge is -2.20. The molecular weight excluding hydrogens is 220 g/mol. The minimum atomic E-state index is -0.698. The van der Waals surface area contributed by atoms with Gasteiger partial charge in [-0.3, -0.25) is 5.32 Å². The van der Waals surface area contributed by atoms with Crippen molar-refractivity contribution in [2.75, 3.05) is 20.4 Å². The van der Waals surface area contributed by atoms with Crippen LogP contribution in [0.15, 0.2) is 18.2 Å². The van der Waals surface area contributed by atoms with Crippen LogP contribution in [0.5, 0.6) is 17.2 Å². The Bertz CT molecular complexity index is 456.